The SMILES string of the molecule is CC(C)[C@H](NC(=O)O)[C@H](O)c1ccc(OC(F)F)cc1. The average Bonchev–Trinajstić information content (AvgIpc) is 2.35. The summed E-state index contributed by atoms with van der Waals surface area (Å²) < 4.78 is 28.2. The summed E-state index contributed by atoms with van der Waals surface area (Å²) in [5, 5.41) is 21.1. The van der Waals surface area contributed by atoms with Crippen molar-refractivity contribution in [3.8, 4) is 5.75 Å². The number of nitrogens with one attached hydrogen (secondary N) is 1. The molecular weight excluding hydrogens is 272 g/mol. The van der Waals surface area contributed by atoms with E-state index in [4.69, 9.17) is 5.11 Å². The van der Waals surface area contributed by atoms with E-state index in [1.165, 1.54) is 24.3 Å². The van der Waals surface area contributed by atoms with E-state index in [-0.39, 0.29) is 11.7 Å². The largest absolute Gasteiger partial charge is 0.465 e. The van der Waals surface area contributed by atoms with E-state index in [0.29, 0.717) is 5.56 Å². The minimum atomic E-state index is -2.91. The van der Waals surface area contributed by atoms with Crippen LogP contribution in [0.1, 0.15) is 25.5 Å². The zero-order valence-corrected chi connectivity index (χ0v) is 11.1. The molecule has 0 bridgehead atoms. The maximum absolute atomic E-state index is 12.0. The van der Waals surface area contributed by atoms with E-state index in [9.17, 15) is 18.7 Å². The molecule has 3 N–H and O–H groups in total. The Morgan fingerprint density at radius 2 is 1.80 bits per heavy atom. The second-order valence-electron chi connectivity index (χ2n) is 4.61. The van der Waals surface area contributed by atoms with Crippen LogP contribution in [0.4, 0.5) is 13.6 Å². The van der Waals surface area contributed by atoms with E-state index >= 15 is 0 Å². The molecule has 0 saturated carbocycles. The molecule has 0 aromatic heterocycles. The first-order valence-electron chi connectivity index (χ1n) is 6.03. The molecule has 1 aromatic carbocycles. The van der Waals surface area contributed by atoms with Gasteiger partial charge in [-0.25, -0.2) is 4.79 Å². The van der Waals surface area contributed by atoms with Gasteiger partial charge in [-0.3, -0.25) is 0 Å². The molecule has 2 atom stereocenters. The van der Waals surface area contributed by atoms with Gasteiger partial charge < -0.3 is 20.3 Å². The summed E-state index contributed by atoms with van der Waals surface area (Å²) >= 11 is 0. The average molecular weight is 289 g/mol. The van der Waals surface area contributed by atoms with Crippen molar-refractivity contribution in [2.45, 2.75) is 32.6 Å². The zero-order valence-electron chi connectivity index (χ0n) is 11.1. The van der Waals surface area contributed by atoms with Crippen LogP contribution in [0.3, 0.4) is 0 Å². The van der Waals surface area contributed by atoms with Gasteiger partial charge in [0.05, 0.1) is 12.1 Å². The highest BCUT2D eigenvalue weighted by atomic mass is 19.3. The fourth-order valence-corrected chi connectivity index (χ4v) is 1.81. The maximum atomic E-state index is 12.0. The summed E-state index contributed by atoms with van der Waals surface area (Å²) in [6.07, 6.45) is -2.31. The number of hydrogen-bond acceptors (Lipinski definition) is 3. The second kappa shape index (κ2) is 7.04. The molecule has 0 fully saturated rings. The first-order chi connectivity index (χ1) is 9.31. The van der Waals surface area contributed by atoms with Crippen molar-refractivity contribution in [2.24, 2.45) is 5.92 Å². The van der Waals surface area contributed by atoms with Crippen LogP contribution in [0.25, 0.3) is 0 Å². The van der Waals surface area contributed by atoms with Crippen molar-refractivity contribution in [2.75, 3.05) is 0 Å². The molecule has 1 rings (SSSR count). The monoisotopic (exact) mass is 289 g/mol. The highest BCUT2D eigenvalue weighted by molar-refractivity contribution is 5.65. The highest BCUT2D eigenvalue weighted by Crippen LogP contribution is 2.24. The van der Waals surface area contributed by atoms with E-state index in [2.05, 4.69) is 10.1 Å². The first-order valence-corrected chi connectivity index (χ1v) is 6.03. The first kappa shape index (κ1) is 16.2. The second-order valence-corrected chi connectivity index (χ2v) is 4.61. The molecular formula is C13H17F2NO4. The standard InChI is InChI=1S/C13H17F2NO4/c1-7(2)10(16-13(18)19)11(17)8-3-5-9(6-4-8)20-12(14)15/h3-7,10-12,16-17H,1-2H3,(H,18,19)/t10-,11+/m0/s1. The Morgan fingerprint density at radius 1 is 1.25 bits per heavy atom. The Bertz CT molecular complexity index is 437. The van der Waals surface area contributed by atoms with Crippen LogP contribution in [-0.4, -0.2) is 29.0 Å². The molecule has 0 unspecified atom stereocenters. The van der Waals surface area contributed by atoms with Crippen molar-refractivity contribution in [1.29, 1.82) is 0 Å². The number of carboxylic acid groups (broad SMARTS) is 1. The summed E-state index contributed by atoms with van der Waals surface area (Å²) in [6.45, 7) is 0.610. The van der Waals surface area contributed by atoms with Gasteiger partial charge in [0.25, 0.3) is 0 Å². The normalized spacial score (nSPS) is 14.2. The van der Waals surface area contributed by atoms with Crippen LogP contribution in [0.2, 0.25) is 0 Å². The molecule has 1 amide bonds. The number of aliphatic hydroxyl groups is 1. The topological polar surface area (TPSA) is 78.8 Å². The van der Waals surface area contributed by atoms with E-state index in [1.807, 2.05) is 0 Å². The van der Waals surface area contributed by atoms with Crippen LogP contribution in [-0.2, 0) is 0 Å². The predicted octanol–water partition coefficient (Wildman–Crippen LogP) is 2.61. The summed E-state index contributed by atoms with van der Waals surface area (Å²) in [4.78, 5) is 10.7. The number of carbonyl (C=O) groups is 1. The third-order valence-corrected chi connectivity index (χ3v) is 2.80. The van der Waals surface area contributed by atoms with Crippen molar-refractivity contribution in [3.63, 3.8) is 0 Å². The van der Waals surface area contributed by atoms with Crippen LogP contribution in [0.15, 0.2) is 24.3 Å². The number of alkyl halides is 2. The Kier molecular flexibility index (Phi) is 5.69. The smallest absolute Gasteiger partial charge is 0.404 e. The van der Waals surface area contributed by atoms with Gasteiger partial charge in [-0.2, -0.15) is 8.78 Å². The van der Waals surface area contributed by atoms with Crippen molar-refractivity contribution in [1.82, 2.24) is 5.32 Å². The number of amides is 1. The number of benzene rings is 1. The lowest BCUT2D eigenvalue weighted by Crippen LogP contribution is -2.42. The lowest BCUT2D eigenvalue weighted by molar-refractivity contribution is -0.0498. The van der Waals surface area contributed by atoms with Crippen LogP contribution >= 0.6 is 0 Å². The predicted molar refractivity (Wildman–Crippen MR) is 67.8 cm³/mol. The summed E-state index contributed by atoms with van der Waals surface area (Å²) in [6, 6.07) is 4.73. The van der Waals surface area contributed by atoms with Gasteiger partial charge in [-0.1, -0.05) is 26.0 Å². The molecule has 0 spiro atoms. The third kappa shape index (κ3) is 4.65. The molecule has 5 nitrogen and oxygen atoms in total. The van der Waals surface area contributed by atoms with Crippen molar-refractivity contribution < 1.29 is 28.5 Å². The lowest BCUT2D eigenvalue weighted by Gasteiger charge is -2.26. The van der Waals surface area contributed by atoms with Gasteiger partial charge in [0.2, 0.25) is 0 Å². The highest BCUT2D eigenvalue weighted by Gasteiger charge is 2.25. The number of rotatable bonds is 6. The van der Waals surface area contributed by atoms with Gasteiger partial charge in [0.1, 0.15) is 5.75 Å². The molecule has 0 radical (unpaired) electrons. The number of halogens is 2. The number of aliphatic hydroxyl groups excluding tert-OH is 1. The number of ether oxygens (including phenoxy) is 1. The molecule has 0 saturated heterocycles. The van der Waals surface area contributed by atoms with Crippen LogP contribution < -0.4 is 10.1 Å². The van der Waals surface area contributed by atoms with Gasteiger partial charge in [0.15, 0.2) is 0 Å². The van der Waals surface area contributed by atoms with E-state index in [0.717, 1.165) is 0 Å². The van der Waals surface area contributed by atoms with Gasteiger partial charge in [0, 0.05) is 0 Å². The van der Waals surface area contributed by atoms with E-state index in [1.54, 1.807) is 13.8 Å². The minimum Gasteiger partial charge on any atom is -0.465 e. The van der Waals surface area contributed by atoms with Gasteiger partial charge in [-0.15, -0.1) is 0 Å². The fourth-order valence-electron chi connectivity index (χ4n) is 1.81. The summed E-state index contributed by atoms with van der Waals surface area (Å²) in [5.41, 5.74) is 0.416. The van der Waals surface area contributed by atoms with Gasteiger partial charge >= 0.3 is 12.7 Å². The molecule has 0 aliphatic carbocycles. The van der Waals surface area contributed by atoms with E-state index < -0.39 is 24.9 Å². The molecule has 112 valence electrons. The maximum Gasteiger partial charge on any atom is 0.404 e. The third-order valence-electron chi connectivity index (χ3n) is 2.80. The minimum absolute atomic E-state index is 0.0248. The Labute approximate surface area is 115 Å². The zero-order chi connectivity index (χ0) is 15.3. The van der Waals surface area contributed by atoms with Crippen molar-refractivity contribution in [3.05, 3.63) is 29.8 Å². The Balaban J connectivity index is 2.83. The van der Waals surface area contributed by atoms with Crippen LogP contribution in [0.5, 0.6) is 5.75 Å². The lowest BCUT2D eigenvalue weighted by atomic mass is 9.93. The molecule has 7 heteroatoms. The molecule has 0 aliphatic rings. The van der Waals surface area contributed by atoms with Gasteiger partial charge in [-0.05, 0) is 23.6 Å². The fraction of sp³-hybridized carbons (Fsp3) is 0.462. The Hall–Kier alpha value is -1.89. The Morgan fingerprint density at radius 3 is 2.20 bits per heavy atom. The molecule has 0 aliphatic heterocycles. The molecule has 1 aromatic rings. The van der Waals surface area contributed by atoms with Crippen molar-refractivity contribution >= 4 is 6.09 Å². The molecule has 20 heavy (non-hydrogen) atoms. The summed E-state index contributed by atoms with van der Waals surface area (Å²) in [5.74, 6) is -0.165. The molecule has 0 heterocycles. The quantitative estimate of drug-likeness (QED) is 0.752. The number of hydrogen-bond donors (Lipinski definition) is 3. The summed E-state index contributed by atoms with van der Waals surface area (Å²) in [7, 11) is 0. The van der Waals surface area contributed by atoms with Crippen LogP contribution in [0, 0.1) is 5.92 Å².